The summed E-state index contributed by atoms with van der Waals surface area (Å²) in [5, 5.41) is 3.56. The summed E-state index contributed by atoms with van der Waals surface area (Å²) in [5.41, 5.74) is 5.27. The number of likely N-dealkylation sites (tertiary alicyclic amines) is 1. The molecule has 0 unspecified atom stereocenters. The summed E-state index contributed by atoms with van der Waals surface area (Å²) in [6, 6.07) is 0.240. The largest absolute Gasteiger partial charge is 0.378 e. The Hall–Kier alpha value is -0.810. The lowest BCUT2D eigenvalue weighted by Gasteiger charge is -2.31. The molecule has 1 saturated heterocycles. The highest BCUT2D eigenvalue weighted by Crippen LogP contribution is 2.20. The molecular formula is C15H29N3O2. The molecule has 2 rings (SSSR count). The maximum Gasteiger partial charge on any atom is 0.314 e. The van der Waals surface area contributed by atoms with Gasteiger partial charge in [-0.1, -0.05) is 19.3 Å². The van der Waals surface area contributed by atoms with Crippen molar-refractivity contribution in [2.45, 2.75) is 63.5 Å². The van der Waals surface area contributed by atoms with Crippen molar-refractivity contribution in [2.75, 3.05) is 26.2 Å². The number of nitrogens with two attached hydrogens (primary N) is 1. The number of rotatable bonds is 6. The van der Waals surface area contributed by atoms with E-state index in [1.807, 2.05) is 0 Å². The van der Waals surface area contributed by atoms with Crippen molar-refractivity contribution in [1.82, 2.24) is 10.2 Å². The average Bonchev–Trinajstić information content (AvgIpc) is 2.48. The van der Waals surface area contributed by atoms with Gasteiger partial charge in [-0.2, -0.15) is 0 Å². The Balaban J connectivity index is 1.46. The summed E-state index contributed by atoms with van der Waals surface area (Å²) in [7, 11) is 0. The summed E-state index contributed by atoms with van der Waals surface area (Å²) in [6.07, 6.45) is 10.2. The molecule has 0 atom stereocenters. The molecule has 0 aromatic carbocycles. The molecular weight excluding hydrogens is 254 g/mol. The van der Waals surface area contributed by atoms with Gasteiger partial charge in [-0.25, -0.2) is 4.79 Å². The maximum atomic E-state index is 11.0. The second-order valence-corrected chi connectivity index (χ2v) is 6.04. The average molecular weight is 283 g/mol. The summed E-state index contributed by atoms with van der Waals surface area (Å²) >= 11 is 0. The standard InChI is InChI=1S/C15H29N3O2/c16-15(19)18-10-7-13(8-11-18)17-9-4-12-20-14-5-2-1-3-6-14/h13-14,17H,1-12H2,(H2,16,19). The number of nitrogens with zero attached hydrogens (tertiary/aromatic N) is 1. The highest BCUT2D eigenvalue weighted by molar-refractivity contribution is 5.72. The van der Waals surface area contributed by atoms with E-state index in [1.54, 1.807) is 4.90 Å². The molecule has 1 heterocycles. The fourth-order valence-electron chi connectivity index (χ4n) is 3.16. The number of hydrogen-bond acceptors (Lipinski definition) is 3. The van der Waals surface area contributed by atoms with E-state index < -0.39 is 0 Å². The lowest BCUT2D eigenvalue weighted by atomic mass is 9.98. The number of nitrogens with one attached hydrogen (secondary N) is 1. The highest BCUT2D eigenvalue weighted by atomic mass is 16.5. The summed E-state index contributed by atoms with van der Waals surface area (Å²) in [5.74, 6) is 0. The van der Waals surface area contributed by atoms with E-state index in [2.05, 4.69) is 5.32 Å². The zero-order valence-electron chi connectivity index (χ0n) is 12.5. The fraction of sp³-hybridized carbons (Fsp3) is 0.933. The molecule has 3 N–H and O–H groups in total. The Morgan fingerprint density at radius 3 is 2.50 bits per heavy atom. The van der Waals surface area contributed by atoms with Crippen LogP contribution < -0.4 is 11.1 Å². The summed E-state index contributed by atoms with van der Waals surface area (Å²) < 4.78 is 5.91. The van der Waals surface area contributed by atoms with E-state index in [0.29, 0.717) is 12.1 Å². The van der Waals surface area contributed by atoms with Crippen LogP contribution in [0.15, 0.2) is 0 Å². The van der Waals surface area contributed by atoms with Crippen LogP contribution >= 0.6 is 0 Å². The maximum absolute atomic E-state index is 11.0. The Morgan fingerprint density at radius 2 is 1.85 bits per heavy atom. The van der Waals surface area contributed by atoms with Crippen molar-refractivity contribution >= 4 is 6.03 Å². The third-order valence-corrected chi connectivity index (χ3v) is 4.47. The molecule has 2 aliphatic rings. The van der Waals surface area contributed by atoms with E-state index in [-0.39, 0.29) is 6.03 Å². The predicted molar refractivity (Wildman–Crippen MR) is 79.6 cm³/mol. The summed E-state index contributed by atoms with van der Waals surface area (Å²) in [6.45, 7) is 3.45. The van der Waals surface area contributed by atoms with E-state index in [0.717, 1.165) is 45.5 Å². The first kappa shape index (κ1) is 15.6. The lowest BCUT2D eigenvalue weighted by molar-refractivity contribution is 0.0269. The first-order valence-electron chi connectivity index (χ1n) is 8.15. The number of hydrogen-bond donors (Lipinski definition) is 2. The predicted octanol–water partition coefficient (Wildman–Crippen LogP) is 1.86. The molecule has 0 radical (unpaired) electrons. The topological polar surface area (TPSA) is 67.6 Å². The van der Waals surface area contributed by atoms with E-state index in [9.17, 15) is 4.79 Å². The van der Waals surface area contributed by atoms with Gasteiger partial charge in [0.2, 0.25) is 0 Å². The van der Waals surface area contributed by atoms with Gasteiger partial charge in [-0.15, -0.1) is 0 Å². The Labute approximate surface area is 122 Å². The summed E-state index contributed by atoms with van der Waals surface area (Å²) in [4.78, 5) is 12.7. The number of amides is 2. The first-order chi connectivity index (χ1) is 9.75. The van der Waals surface area contributed by atoms with Gasteiger partial charge in [0.15, 0.2) is 0 Å². The third kappa shape index (κ3) is 5.29. The van der Waals surface area contributed by atoms with Gasteiger partial charge in [-0.3, -0.25) is 0 Å². The quantitative estimate of drug-likeness (QED) is 0.731. The van der Waals surface area contributed by atoms with Gasteiger partial charge >= 0.3 is 6.03 Å². The Morgan fingerprint density at radius 1 is 1.15 bits per heavy atom. The molecule has 5 heteroatoms. The van der Waals surface area contributed by atoms with Crippen LogP contribution in [-0.2, 0) is 4.74 Å². The minimum Gasteiger partial charge on any atom is -0.378 e. The van der Waals surface area contributed by atoms with Gasteiger partial charge in [0, 0.05) is 25.7 Å². The molecule has 2 fully saturated rings. The van der Waals surface area contributed by atoms with Gasteiger partial charge in [0.25, 0.3) is 0 Å². The first-order valence-corrected chi connectivity index (χ1v) is 8.15. The molecule has 1 aliphatic heterocycles. The SMILES string of the molecule is NC(=O)N1CCC(NCCCOC2CCCCC2)CC1. The van der Waals surface area contributed by atoms with Crippen LogP contribution in [0.3, 0.4) is 0 Å². The number of carbonyl (C=O) groups is 1. The van der Waals surface area contributed by atoms with Gasteiger partial charge in [0.05, 0.1) is 6.10 Å². The third-order valence-electron chi connectivity index (χ3n) is 4.47. The molecule has 1 saturated carbocycles. The van der Waals surface area contributed by atoms with Crippen LogP contribution in [0.2, 0.25) is 0 Å². The number of primary amides is 1. The molecule has 0 spiro atoms. The lowest BCUT2D eigenvalue weighted by Crippen LogP contribution is -2.47. The van der Waals surface area contributed by atoms with Gasteiger partial charge in [-0.05, 0) is 38.6 Å². The zero-order chi connectivity index (χ0) is 14.2. The van der Waals surface area contributed by atoms with E-state index in [1.165, 1.54) is 32.1 Å². The Bertz CT molecular complexity index is 285. The number of ether oxygens (including phenoxy) is 1. The van der Waals surface area contributed by atoms with E-state index in [4.69, 9.17) is 10.5 Å². The van der Waals surface area contributed by atoms with Crippen LogP contribution in [0.4, 0.5) is 4.79 Å². The van der Waals surface area contributed by atoms with Crippen LogP contribution in [-0.4, -0.2) is 49.3 Å². The molecule has 0 aromatic rings. The molecule has 1 aliphatic carbocycles. The second kappa shape index (κ2) is 8.47. The number of carbonyl (C=O) groups excluding carboxylic acids is 1. The normalized spacial score (nSPS) is 22.1. The van der Waals surface area contributed by atoms with Crippen LogP contribution in [0, 0.1) is 0 Å². The molecule has 20 heavy (non-hydrogen) atoms. The minimum atomic E-state index is -0.288. The monoisotopic (exact) mass is 283 g/mol. The van der Waals surface area contributed by atoms with Crippen molar-refractivity contribution in [1.29, 1.82) is 0 Å². The smallest absolute Gasteiger partial charge is 0.314 e. The van der Waals surface area contributed by atoms with E-state index >= 15 is 0 Å². The van der Waals surface area contributed by atoms with Crippen molar-refractivity contribution in [3.05, 3.63) is 0 Å². The second-order valence-electron chi connectivity index (χ2n) is 6.04. The van der Waals surface area contributed by atoms with Gasteiger partial charge < -0.3 is 20.7 Å². The van der Waals surface area contributed by atoms with Crippen molar-refractivity contribution < 1.29 is 9.53 Å². The molecule has 0 aromatic heterocycles. The van der Waals surface area contributed by atoms with Crippen molar-refractivity contribution in [3.8, 4) is 0 Å². The minimum absolute atomic E-state index is 0.288. The highest BCUT2D eigenvalue weighted by Gasteiger charge is 2.20. The van der Waals surface area contributed by atoms with Gasteiger partial charge in [0.1, 0.15) is 0 Å². The van der Waals surface area contributed by atoms with Crippen LogP contribution in [0.25, 0.3) is 0 Å². The molecule has 116 valence electrons. The van der Waals surface area contributed by atoms with Crippen molar-refractivity contribution in [3.63, 3.8) is 0 Å². The van der Waals surface area contributed by atoms with Crippen LogP contribution in [0.1, 0.15) is 51.4 Å². The number of piperidine rings is 1. The van der Waals surface area contributed by atoms with Crippen LogP contribution in [0.5, 0.6) is 0 Å². The zero-order valence-corrected chi connectivity index (χ0v) is 12.5. The van der Waals surface area contributed by atoms with Crippen molar-refractivity contribution in [2.24, 2.45) is 5.73 Å². The number of urea groups is 1. The molecule has 5 nitrogen and oxygen atoms in total. The fourth-order valence-corrected chi connectivity index (χ4v) is 3.16. The Kier molecular flexibility index (Phi) is 6.60. The molecule has 2 amide bonds. The molecule has 0 bridgehead atoms.